The van der Waals surface area contributed by atoms with Crippen LogP contribution < -0.4 is 0 Å². The van der Waals surface area contributed by atoms with Crippen LogP contribution in [0.4, 0.5) is 4.79 Å². The summed E-state index contributed by atoms with van der Waals surface area (Å²) in [4.78, 5) is 38.8. The molecule has 0 fully saturated rings. The van der Waals surface area contributed by atoms with E-state index in [0.717, 1.165) is 5.56 Å². The average Bonchev–Trinajstić information content (AvgIpc) is 2.67. The van der Waals surface area contributed by atoms with Gasteiger partial charge in [-0.3, -0.25) is 9.69 Å². The SMILES string of the molecule is CCOC(=O)/C=C(/C=C/[C@@H](C(=O)c1ccc(C)cc1)N(C)C(=O)OC(C)(C)C)OCC. The predicted molar refractivity (Wildman–Crippen MR) is 119 cm³/mol. The van der Waals surface area contributed by atoms with E-state index in [0.29, 0.717) is 12.2 Å². The van der Waals surface area contributed by atoms with Crippen LogP contribution in [-0.4, -0.2) is 54.7 Å². The van der Waals surface area contributed by atoms with Crippen LogP contribution in [-0.2, 0) is 19.0 Å². The molecule has 0 aromatic heterocycles. The molecule has 0 aliphatic rings. The monoisotopic (exact) mass is 431 g/mol. The first-order valence-corrected chi connectivity index (χ1v) is 10.2. The molecule has 31 heavy (non-hydrogen) atoms. The Labute approximate surface area is 184 Å². The Morgan fingerprint density at radius 1 is 1.03 bits per heavy atom. The lowest BCUT2D eigenvalue weighted by molar-refractivity contribution is -0.137. The van der Waals surface area contributed by atoms with Gasteiger partial charge < -0.3 is 14.2 Å². The number of esters is 1. The Hall–Kier alpha value is -3.09. The number of hydrogen-bond donors (Lipinski definition) is 0. The molecule has 0 spiro atoms. The van der Waals surface area contributed by atoms with Crippen molar-refractivity contribution < 1.29 is 28.6 Å². The van der Waals surface area contributed by atoms with E-state index in [4.69, 9.17) is 14.2 Å². The molecular formula is C24H33NO6. The summed E-state index contributed by atoms with van der Waals surface area (Å²) in [7, 11) is 1.49. The fourth-order valence-corrected chi connectivity index (χ4v) is 2.52. The van der Waals surface area contributed by atoms with Crippen LogP contribution >= 0.6 is 0 Å². The molecule has 1 aromatic carbocycles. The van der Waals surface area contributed by atoms with E-state index in [1.807, 2.05) is 19.1 Å². The normalized spacial score (nSPS) is 12.9. The van der Waals surface area contributed by atoms with Crippen molar-refractivity contribution in [2.75, 3.05) is 20.3 Å². The second-order valence-corrected chi connectivity index (χ2v) is 7.86. The lowest BCUT2D eigenvalue weighted by Crippen LogP contribution is -2.44. The van der Waals surface area contributed by atoms with E-state index in [1.54, 1.807) is 46.8 Å². The number of benzene rings is 1. The summed E-state index contributed by atoms with van der Waals surface area (Å²) < 4.78 is 15.8. The molecule has 0 aliphatic heterocycles. The number of hydrogen-bond acceptors (Lipinski definition) is 6. The Morgan fingerprint density at radius 2 is 1.61 bits per heavy atom. The second kappa shape index (κ2) is 11.9. The minimum atomic E-state index is -0.969. The fraction of sp³-hybridized carbons (Fsp3) is 0.458. The first-order valence-electron chi connectivity index (χ1n) is 10.2. The third-order valence-electron chi connectivity index (χ3n) is 4.00. The first-order chi connectivity index (χ1) is 14.5. The number of Topliss-reactive ketones (excluding diaryl/α,β-unsaturated/α-hetero) is 1. The van der Waals surface area contributed by atoms with Crippen molar-refractivity contribution in [3.05, 3.63) is 59.4 Å². The van der Waals surface area contributed by atoms with E-state index in [1.165, 1.54) is 30.2 Å². The maximum atomic E-state index is 13.2. The number of allylic oxidation sites excluding steroid dienone is 1. The Bertz CT molecular complexity index is 817. The first kappa shape index (κ1) is 25.9. The molecule has 7 nitrogen and oxygen atoms in total. The van der Waals surface area contributed by atoms with Gasteiger partial charge in [-0.25, -0.2) is 9.59 Å². The predicted octanol–water partition coefficient (Wildman–Crippen LogP) is 4.45. The van der Waals surface area contributed by atoms with Gasteiger partial charge in [0.25, 0.3) is 0 Å². The lowest BCUT2D eigenvalue weighted by atomic mass is 10.0. The van der Waals surface area contributed by atoms with Gasteiger partial charge in [0.1, 0.15) is 17.4 Å². The number of carbonyl (C=O) groups is 3. The molecule has 1 rings (SSSR count). The highest BCUT2D eigenvalue weighted by molar-refractivity contribution is 6.02. The summed E-state index contributed by atoms with van der Waals surface area (Å²) in [6, 6.07) is 6.10. The van der Waals surface area contributed by atoms with Crippen LogP contribution in [0.5, 0.6) is 0 Å². The molecule has 1 amide bonds. The van der Waals surface area contributed by atoms with E-state index < -0.39 is 23.7 Å². The summed E-state index contributed by atoms with van der Waals surface area (Å²) in [5.41, 5.74) is 0.746. The van der Waals surface area contributed by atoms with Crippen LogP contribution in [0.25, 0.3) is 0 Å². The molecule has 0 N–H and O–H groups in total. The summed E-state index contributed by atoms with van der Waals surface area (Å²) >= 11 is 0. The van der Waals surface area contributed by atoms with Crippen LogP contribution in [0.2, 0.25) is 0 Å². The number of nitrogens with zero attached hydrogens (tertiary/aromatic N) is 1. The average molecular weight is 432 g/mol. The third kappa shape index (κ3) is 9.07. The van der Waals surface area contributed by atoms with Gasteiger partial charge >= 0.3 is 12.1 Å². The van der Waals surface area contributed by atoms with Gasteiger partial charge in [0.05, 0.1) is 19.3 Å². The van der Waals surface area contributed by atoms with Gasteiger partial charge in [-0.2, -0.15) is 0 Å². The highest BCUT2D eigenvalue weighted by atomic mass is 16.6. The van der Waals surface area contributed by atoms with Crippen LogP contribution in [0.15, 0.2) is 48.3 Å². The van der Waals surface area contributed by atoms with Crippen molar-refractivity contribution >= 4 is 17.8 Å². The highest BCUT2D eigenvalue weighted by Crippen LogP contribution is 2.16. The fourth-order valence-electron chi connectivity index (χ4n) is 2.52. The third-order valence-corrected chi connectivity index (χ3v) is 4.00. The zero-order valence-electron chi connectivity index (χ0n) is 19.4. The zero-order chi connectivity index (χ0) is 23.6. The molecule has 0 heterocycles. The number of carbonyl (C=O) groups excluding carboxylic acids is 3. The molecule has 0 radical (unpaired) electrons. The molecule has 0 saturated heterocycles. The molecule has 0 unspecified atom stereocenters. The Kier molecular flexibility index (Phi) is 9.99. The molecule has 0 saturated carbocycles. The number of rotatable bonds is 9. The number of ketones is 1. The largest absolute Gasteiger partial charge is 0.494 e. The van der Waals surface area contributed by atoms with Gasteiger partial charge in [-0.05, 0) is 47.6 Å². The van der Waals surface area contributed by atoms with Crippen molar-refractivity contribution in [2.24, 2.45) is 0 Å². The molecule has 0 bridgehead atoms. The molecule has 170 valence electrons. The molecular weight excluding hydrogens is 398 g/mol. The van der Waals surface area contributed by atoms with Crippen LogP contribution in [0.1, 0.15) is 50.5 Å². The van der Waals surface area contributed by atoms with E-state index in [2.05, 4.69) is 0 Å². The summed E-state index contributed by atoms with van der Waals surface area (Å²) in [6.07, 6.45) is 3.55. The topological polar surface area (TPSA) is 82.1 Å². The lowest BCUT2D eigenvalue weighted by Gasteiger charge is -2.28. The Balaban J connectivity index is 3.28. The minimum absolute atomic E-state index is 0.222. The number of ether oxygens (including phenoxy) is 3. The molecule has 1 atom stereocenters. The number of aryl methyl sites for hydroxylation is 1. The van der Waals surface area contributed by atoms with Crippen molar-refractivity contribution in [1.82, 2.24) is 4.90 Å². The quantitative estimate of drug-likeness (QED) is 0.189. The van der Waals surface area contributed by atoms with Gasteiger partial charge in [0.15, 0.2) is 5.78 Å². The highest BCUT2D eigenvalue weighted by Gasteiger charge is 2.29. The van der Waals surface area contributed by atoms with Crippen molar-refractivity contribution in [1.29, 1.82) is 0 Å². The standard InChI is InChI=1S/C24H33NO6/c1-8-29-19(16-21(26)30-9-2)14-15-20(25(7)23(28)31-24(4,5)6)22(27)18-12-10-17(3)11-13-18/h10-16,20H,8-9H2,1-7H3/b15-14+,19-16-/t20-/m0/s1. The maximum Gasteiger partial charge on any atom is 0.410 e. The van der Waals surface area contributed by atoms with Gasteiger partial charge in [0, 0.05) is 12.6 Å². The maximum absolute atomic E-state index is 13.2. The Morgan fingerprint density at radius 3 is 2.13 bits per heavy atom. The molecule has 0 aliphatic carbocycles. The van der Waals surface area contributed by atoms with Gasteiger partial charge in [-0.1, -0.05) is 35.9 Å². The van der Waals surface area contributed by atoms with Crippen LogP contribution in [0, 0.1) is 6.92 Å². The number of likely N-dealkylation sites (N-methyl/N-ethyl adjacent to an activating group) is 1. The van der Waals surface area contributed by atoms with E-state index >= 15 is 0 Å². The number of amides is 1. The van der Waals surface area contributed by atoms with Gasteiger partial charge in [0.2, 0.25) is 0 Å². The molecule has 7 heteroatoms. The van der Waals surface area contributed by atoms with E-state index in [9.17, 15) is 14.4 Å². The van der Waals surface area contributed by atoms with Gasteiger partial charge in [-0.15, -0.1) is 0 Å². The zero-order valence-corrected chi connectivity index (χ0v) is 19.4. The smallest absolute Gasteiger partial charge is 0.410 e. The second-order valence-electron chi connectivity index (χ2n) is 7.86. The van der Waals surface area contributed by atoms with E-state index in [-0.39, 0.29) is 18.1 Å². The summed E-state index contributed by atoms with van der Waals surface area (Å²) in [5.74, 6) is -0.630. The van der Waals surface area contributed by atoms with Crippen LogP contribution in [0.3, 0.4) is 0 Å². The summed E-state index contributed by atoms with van der Waals surface area (Å²) in [5, 5.41) is 0. The summed E-state index contributed by atoms with van der Waals surface area (Å²) in [6.45, 7) is 11.2. The van der Waals surface area contributed by atoms with Crippen molar-refractivity contribution in [2.45, 2.75) is 53.2 Å². The van der Waals surface area contributed by atoms with Crippen molar-refractivity contribution in [3.8, 4) is 0 Å². The van der Waals surface area contributed by atoms with Crippen molar-refractivity contribution in [3.63, 3.8) is 0 Å². The molecule has 1 aromatic rings. The minimum Gasteiger partial charge on any atom is -0.494 e.